The van der Waals surface area contributed by atoms with E-state index in [1.54, 1.807) is 11.3 Å². The highest BCUT2D eigenvalue weighted by molar-refractivity contribution is 7.14. The molecule has 0 aliphatic rings. The first-order valence-electron chi connectivity index (χ1n) is 6.41. The van der Waals surface area contributed by atoms with Crippen molar-refractivity contribution in [3.05, 3.63) is 46.5 Å². The summed E-state index contributed by atoms with van der Waals surface area (Å²) in [5.41, 5.74) is 1.33. The molecule has 2 rings (SSSR count). The average molecular weight is 293 g/mol. The first-order valence-corrected chi connectivity index (χ1v) is 8.16. The topological polar surface area (TPSA) is 21.3 Å². The fourth-order valence-electron chi connectivity index (χ4n) is 1.67. The van der Waals surface area contributed by atoms with Crippen LogP contribution in [0.3, 0.4) is 0 Å². The van der Waals surface area contributed by atoms with E-state index in [0.717, 1.165) is 32.7 Å². The van der Waals surface area contributed by atoms with Crippen LogP contribution in [0.4, 0.5) is 0 Å². The maximum Gasteiger partial charge on any atom is 0.0591 e. The summed E-state index contributed by atoms with van der Waals surface area (Å²) in [5, 5.41) is 7.74. The molecule has 0 unspecified atom stereocenters. The molecule has 0 aromatic carbocycles. The Balaban J connectivity index is 1.65. The molecule has 2 aromatic rings. The number of rotatable bonds is 9. The van der Waals surface area contributed by atoms with Gasteiger partial charge in [-0.05, 0) is 29.3 Å². The molecule has 19 heavy (non-hydrogen) atoms. The standard InChI is InChI=1S/C15H19NOS2/c1-2-3-7-17-8-6-16-11-14-10-13(12-19-14)15-5-4-9-18-15/h2,4-5,9-10,12,16H,1,3,6-8,11H2. The first kappa shape index (κ1) is 14.5. The normalized spacial score (nSPS) is 10.7. The molecule has 0 bridgehead atoms. The highest BCUT2D eigenvalue weighted by Crippen LogP contribution is 2.29. The van der Waals surface area contributed by atoms with Gasteiger partial charge in [0.05, 0.1) is 13.2 Å². The van der Waals surface area contributed by atoms with E-state index in [1.165, 1.54) is 15.3 Å². The summed E-state index contributed by atoms with van der Waals surface area (Å²) in [6, 6.07) is 6.52. The van der Waals surface area contributed by atoms with E-state index in [1.807, 2.05) is 17.4 Å². The molecule has 0 aliphatic carbocycles. The van der Waals surface area contributed by atoms with Gasteiger partial charge < -0.3 is 10.1 Å². The summed E-state index contributed by atoms with van der Waals surface area (Å²) in [5.74, 6) is 0. The minimum Gasteiger partial charge on any atom is -0.380 e. The van der Waals surface area contributed by atoms with Crippen LogP contribution in [0, 0.1) is 0 Å². The first-order chi connectivity index (χ1) is 9.40. The lowest BCUT2D eigenvalue weighted by Crippen LogP contribution is -2.18. The van der Waals surface area contributed by atoms with Crippen molar-refractivity contribution in [1.29, 1.82) is 0 Å². The van der Waals surface area contributed by atoms with Crippen molar-refractivity contribution in [1.82, 2.24) is 5.32 Å². The molecule has 4 heteroatoms. The Hall–Kier alpha value is -0.940. The van der Waals surface area contributed by atoms with Gasteiger partial charge in [0.2, 0.25) is 0 Å². The molecular formula is C15H19NOS2. The molecule has 0 saturated carbocycles. The third kappa shape index (κ3) is 4.91. The molecule has 0 saturated heterocycles. The van der Waals surface area contributed by atoms with E-state index in [2.05, 4.69) is 40.9 Å². The molecule has 0 atom stereocenters. The Kier molecular flexibility index (Phi) is 6.30. The summed E-state index contributed by atoms with van der Waals surface area (Å²) in [4.78, 5) is 2.71. The van der Waals surface area contributed by atoms with Crippen LogP contribution in [0.5, 0.6) is 0 Å². The van der Waals surface area contributed by atoms with Gasteiger partial charge in [-0.25, -0.2) is 0 Å². The minimum atomic E-state index is 0.761. The molecule has 0 aliphatic heterocycles. The number of nitrogens with one attached hydrogen (secondary N) is 1. The molecule has 0 radical (unpaired) electrons. The zero-order valence-electron chi connectivity index (χ0n) is 10.9. The third-order valence-corrected chi connectivity index (χ3v) is 4.50. The van der Waals surface area contributed by atoms with Crippen molar-refractivity contribution in [3.8, 4) is 10.4 Å². The quantitative estimate of drug-likeness (QED) is 0.554. The second kappa shape index (κ2) is 8.27. The number of thiophene rings is 2. The van der Waals surface area contributed by atoms with Crippen molar-refractivity contribution in [2.24, 2.45) is 0 Å². The fraction of sp³-hybridized carbons (Fsp3) is 0.333. The Bertz CT molecular complexity index is 476. The van der Waals surface area contributed by atoms with E-state index in [9.17, 15) is 0 Å². The second-order valence-corrected chi connectivity index (χ2v) is 6.09. The smallest absolute Gasteiger partial charge is 0.0591 e. The van der Waals surface area contributed by atoms with Crippen LogP contribution in [-0.4, -0.2) is 19.8 Å². The van der Waals surface area contributed by atoms with Gasteiger partial charge in [0.1, 0.15) is 0 Å². The largest absolute Gasteiger partial charge is 0.380 e. The van der Waals surface area contributed by atoms with Gasteiger partial charge in [0, 0.05) is 28.4 Å². The molecule has 2 nitrogen and oxygen atoms in total. The van der Waals surface area contributed by atoms with Gasteiger partial charge in [-0.3, -0.25) is 0 Å². The van der Waals surface area contributed by atoms with Gasteiger partial charge in [-0.1, -0.05) is 12.1 Å². The molecule has 0 spiro atoms. The molecule has 2 heterocycles. The van der Waals surface area contributed by atoms with Crippen LogP contribution < -0.4 is 5.32 Å². The Morgan fingerprint density at radius 1 is 1.32 bits per heavy atom. The lowest BCUT2D eigenvalue weighted by molar-refractivity contribution is 0.140. The number of hydrogen-bond acceptors (Lipinski definition) is 4. The van der Waals surface area contributed by atoms with Crippen molar-refractivity contribution in [2.45, 2.75) is 13.0 Å². The van der Waals surface area contributed by atoms with E-state index < -0.39 is 0 Å². The summed E-state index contributed by atoms with van der Waals surface area (Å²) >= 11 is 3.60. The highest BCUT2D eigenvalue weighted by atomic mass is 32.1. The fourth-order valence-corrected chi connectivity index (χ4v) is 3.31. The summed E-state index contributed by atoms with van der Waals surface area (Å²) in [6.07, 6.45) is 2.81. The predicted molar refractivity (Wildman–Crippen MR) is 85.0 cm³/mol. The SMILES string of the molecule is C=CCCOCCNCc1cc(-c2cccs2)cs1. The zero-order valence-corrected chi connectivity index (χ0v) is 12.6. The lowest BCUT2D eigenvalue weighted by atomic mass is 10.2. The second-order valence-electron chi connectivity index (χ2n) is 4.15. The van der Waals surface area contributed by atoms with E-state index in [4.69, 9.17) is 4.74 Å². The lowest BCUT2D eigenvalue weighted by Gasteiger charge is -2.03. The van der Waals surface area contributed by atoms with E-state index in [-0.39, 0.29) is 0 Å². The average Bonchev–Trinajstić information content (AvgIpc) is 3.08. The molecule has 0 fully saturated rings. The predicted octanol–water partition coefficient (Wildman–Crippen LogP) is 4.16. The minimum absolute atomic E-state index is 0.761. The van der Waals surface area contributed by atoms with Gasteiger partial charge in [-0.15, -0.1) is 29.3 Å². The van der Waals surface area contributed by atoms with E-state index in [0.29, 0.717) is 0 Å². The van der Waals surface area contributed by atoms with Crippen molar-refractivity contribution in [2.75, 3.05) is 19.8 Å². The third-order valence-electron chi connectivity index (χ3n) is 2.65. The van der Waals surface area contributed by atoms with E-state index >= 15 is 0 Å². The number of hydrogen-bond donors (Lipinski definition) is 1. The van der Waals surface area contributed by atoms with Crippen LogP contribution >= 0.6 is 22.7 Å². The van der Waals surface area contributed by atoms with Crippen molar-refractivity contribution in [3.63, 3.8) is 0 Å². The van der Waals surface area contributed by atoms with Crippen molar-refractivity contribution >= 4 is 22.7 Å². The van der Waals surface area contributed by atoms with Crippen LogP contribution in [0.2, 0.25) is 0 Å². The molecule has 102 valence electrons. The highest BCUT2D eigenvalue weighted by Gasteiger charge is 2.02. The Morgan fingerprint density at radius 3 is 3.05 bits per heavy atom. The maximum absolute atomic E-state index is 5.45. The molecule has 1 N–H and O–H groups in total. The molecule has 2 aromatic heterocycles. The van der Waals surface area contributed by atoms with Gasteiger partial charge >= 0.3 is 0 Å². The number of ether oxygens (including phenoxy) is 1. The van der Waals surface area contributed by atoms with Crippen LogP contribution in [0.1, 0.15) is 11.3 Å². The Labute approximate surface area is 122 Å². The van der Waals surface area contributed by atoms with Crippen LogP contribution in [0.15, 0.2) is 41.6 Å². The summed E-state index contributed by atoms with van der Waals surface area (Å²) in [6.45, 7) is 7.01. The van der Waals surface area contributed by atoms with Gasteiger partial charge in [0.25, 0.3) is 0 Å². The summed E-state index contributed by atoms with van der Waals surface area (Å²) < 4.78 is 5.45. The van der Waals surface area contributed by atoms with Gasteiger partial charge in [0.15, 0.2) is 0 Å². The molecule has 0 amide bonds. The Morgan fingerprint density at radius 2 is 2.26 bits per heavy atom. The molecular weight excluding hydrogens is 274 g/mol. The summed E-state index contributed by atoms with van der Waals surface area (Å²) in [7, 11) is 0. The maximum atomic E-state index is 5.45. The van der Waals surface area contributed by atoms with Crippen LogP contribution in [0.25, 0.3) is 10.4 Å². The van der Waals surface area contributed by atoms with Crippen LogP contribution in [-0.2, 0) is 11.3 Å². The monoisotopic (exact) mass is 293 g/mol. The van der Waals surface area contributed by atoms with Crippen molar-refractivity contribution < 1.29 is 4.74 Å². The zero-order chi connectivity index (χ0) is 13.3. The van der Waals surface area contributed by atoms with Gasteiger partial charge in [-0.2, -0.15) is 0 Å².